The summed E-state index contributed by atoms with van der Waals surface area (Å²) in [6, 6.07) is 5.86. The SMILES string of the molecule is CCOc1ccc(CCC(=O)NC2CCN(C(=O)C(C)Cl)CC2)cc1OC. The van der Waals surface area contributed by atoms with E-state index in [0.29, 0.717) is 44.0 Å². The Labute approximate surface area is 166 Å². The van der Waals surface area contributed by atoms with Gasteiger partial charge in [-0.05, 0) is 50.8 Å². The first-order valence-electron chi connectivity index (χ1n) is 9.46. The van der Waals surface area contributed by atoms with Gasteiger partial charge in [-0.25, -0.2) is 0 Å². The Kier molecular flexibility index (Phi) is 8.23. The van der Waals surface area contributed by atoms with Gasteiger partial charge in [0.15, 0.2) is 11.5 Å². The van der Waals surface area contributed by atoms with E-state index in [1.807, 2.05) is 25.1 Å². The number of ether oxygens (including phenoxy) is 2. The Morgan fingerprint density at radius 3 is 2.59 bits per heavy atom. The van der Waals surface area contributed by atoms with Crippen LogP contribution in [0.3, 0.4) is 0 Å². The van der Waals surface area contributed by atoms with Crippen LogP contribution in [0.25, 0.3) is 0 Å². The highest BCUT2D eigenvalue weighted by atomic mass is 35.5. The summed E-state index contributed by atoms with van der Waals surface area (Å²) in [7, 11) is 1.61. The van der Waals surface area contributed by atoms with Crippen LogP contribution in [0.4, 0.5) is 0 Å². The number of rotatable bonds is 8. The second-order valence-corrected chi connectivity index (χ2v) is 7.36. The van der Waals surface area contributed by atoms with Crippen molar-refractivity contribution in [1.29, 1.82) is 0 Å². The minimum absolute atomic E-state index is 0.0262. The third-order valence-corrected chi connectivity index (χ3v) is 4.87. The van der Waals surface area contributed by atoms with E-state index in [1.54, 1.807) is 18.9 Å². The number of aryl methyl sites for hydroxylation is 1. The number of piperidine rings is 1. The minimum Gasteiger partial charge on any atom is -0.493 e. The standard InChI is InChI=1S/C20H29ClN2O4/c1-4-27-17-7-5-15(13-18(17)26-3)6-8-19(24)22-16-9-11-23(12-10-16)20(25)14(2)21/h5,7,13-14,16H,4,6,8-12H2,1-3H3,(H,22,24). The van der Waals surface area contributed by atoms with E-state index < -0.39 is 5.38 Å². The zero-order chi connectivity index (χ0) is 19.8. The van der Waals surface area contributed by atoms with Gasteiger partial charge in [0.2, 0.25) is 11.8 Å². The number of nitrogens with zero attached hydrogens (tertiary/aromatic N) is 1. The molecule has 7 heteroatoms. The van der Waals surface area contributed by atoms with E-state index >= 15 is 0 Å². The quantitative estimate of drug-likeness (QED) is 0.686. The predicted octanol–water partition coefficient (Wildman–Crippen LogP) is 2.76. The number of hydrogen-bond acceptors (Lipinski definition) is 4. The van der Waals surface area contributed by atoms with Gasteiger partial charge < -0.3 is 19.7 Å². The molecule has 1 aromatic rings. The molecule has 0 bridgehead atoms. The summed E-state index contributed by atoms with van der Waals surface area (Å²) in [6.45, 7) is 5.46. The number of halogens is 1. The molecule has 1 saturated heterocycles. The highest BCUT2D eigenvalue weighted by Gasteiger charge is 2.25. The van der Waals surface area contributed by atoms with Crippen LogP contribution in [0.2, 0.25) is 0 Å². The molecule has 1 unspecified atom stereocenters. The van der Waals surface area contributed by atoms with Crippen LogP contribution < -0.4 is 14.8 Å². The van der Waals surface area contributed by atoms with Crippen LogP contribution in [-0.4, -0.2) is 54.9 Å². The highest BCUT2D eigenvalue weighted by molar-refractivity contribution is 6.30. The maximum absolute atomic E-state index is 12.3. The Morgan fingerprint density at radius 1 is 1.30 bits per heavy atom. The molecule has 0 radical (unpaired) electrons. The number of carbonyl (C=O) groups is 2. The molecule has 1 aliphatic heterocycles. The van der Waals surface area contributed by atoms with E-state index in [-0.39, 0.29) is 17.9 Å². The average molecular weight is 397 g/mol. The number of benzene rings is 1. The largest absolute Gasteiger partial charge is 0.493 e. The van der Waals surface area contributed by atoms with E-state index in [2.05, 4.69) is 5.32 Å². The second-order valence-electron chi connectivity index (χ2n) is 6.70. The Hall–Kier alpha value is -1.95. The highest BCUT2D eigenvalue weighted by Crippen LogP contribution is 2.28. The number of carbonyl (C=O) groups excluding carboxylic acids is 2. The minimum atomic E-state index is -0.498. The van der Waals surface area contributed by atoms with Gasteiger partial charge in [-0.2, -0.15) is 0 Å². The van der Waals surface area contributed by atoms with Gasteiger partial charge in [0.25, 0.3) is 0 Å². The first kappa shape index (κ1) is 21.4. The third kappa shape index (κ3) is 6.31. The maximum Gasteiger partial charge on any atom is 0.240 e. The first-order chi connectivity index (χ1) is 12.9. The van der Waals surface area contributed by atoms with Crippen molar-refractivity contribution in [2.24, 2.45) is 0 Å². The molecule has 1 aromatic carbocycles. The summed E-state index contributed by atoms with van der Waals surface area (Å²) in [4.78, 5) is 25.9. The first-order valence-corrected chi connectivity index (χ1v) is 9.90. The van der Waals surface area contributed by atoms with Gasteiger partial charge in [0.1, 0.15) is 5.38 Å². The number of nitrogens with one attached hydrogen (secondary N) is 1. The van der Waals surface area contributed by atoms with Crippen molar-refractivity contribution in [2.75, 3.05) is 26.8 Å². The molecule has 0 aliphatic carbocycles. The van der Waals surface area contributed by atoms with Crippen LogP contribution in [0.1, 0.15) is 38.7 Å². The smallest absolute Gasteiger partial charge is 0.240 e. The number of amides is 2. The predicted molar refractivity (Wildman–Crippen MR) is 106 cm³/mol. The topological polar surface area (TPSA) is 67.9 Å². The fraction of sp³-hybridized carbons (Fsp3) is 0.600. The van der Waals surface area contributed by atoms with Crippen molar-refractivity contribution in [1.82, 2.24) is 10.2 Å². The lowest BCUT2D eigenvalue weighted by Crippen LogP contribution is -2.48. The van der Waals surface area contributed by atoms with E-state index in [0.717, 1.165) is 18.4 Å². The van der Waals surface area contributed by atoms with Crippen molar-refractivity contribution < 1.29 is 19.1 Å². The lowest BCUT2D eigenvalue weighted by Gasteiger charge is -2.33. The molecule has 6 nitrogen and oxygen atoms in total. The summed E-state index contributed by atoms with van der Waals surface area (Å²) in [5.41, 5.74) is 1.03. The Bertz CT molecular complexity index is 643. The molecule has 1 fully saturated rings. The number of alkyl halides is 1. The maximum atomic E-state index is 12.3. The molecule has 27 heavy (non-hydrogen) atoms. The van der Waals surface area contributed by atoms with Crippen molar-refractivity contribution in [3.8, 4) is 11.5 Å². The van der Waals surface area contributed by atoms with Crippen molar-refractivity contribution in [3.63, 3.8) is 0 Å². The van der Waals surface area contributed by atoms with Crippen LogP contribution in [0.15, 0.2) is 18.2 Å². The summed E-state index contributed by atoms with van der Waals surface area (Å²) >= 11 is 5.85. The van der Waals surface area contributed by atoms with Crippen molar-refractivity contribution in [3.05, 3.63) is 23.8 Å². The molecule has 0 aromatic heterocycles. The number of hydrogen-bond donors (Lipinski definition) is 1. The normalized spacial score (nSPS) is 15.9. The van der Waals surface area contributed by atoms with Gasteiger partial charge >= 0.3 is 0 Å². The number of likely N-dealkylation sites (tertiary alicyclic amines) is 1. The van der Waals surface area contributed by atoms with Gasteiger partial charge in [-0.3, -0.25) is 9.59 Å². The van der Waals surface area contributed by atoms with Gasteiger partial charge in [-0.15, -0.1) is 11.6 Å². The summed E-state index contributed by atoms with van der Waals surface area (Å²) < 4.78 is 10.9. The van der Waals surface area contributed by atoms with Crippen molar-refractivity contribution in [2.45, 2.75) is 50.9 Å². The molecular formula is C20H29ClN2O4. The fourth-order valence-electron chi connectivity index (χ4n) is 3.20. The second kappa shape index (κ2) is 10.4. The molecule has 1 N–H and O–H groups in total. The molecule has 0 saturated carbocycles. The van der Waals surface area contributed by atoms with Crippen LogP contribution >= 0.6 is 11.6 Å². The third-order valence-electron chi connectivity index (χ3n) is 4.68. The number of methoxy groups -OCH3 is 1. The van der Waals surface area contributed by atoms with E-state index in [4.69, 9.17) is 21.1 Å². The molecule has 1 aliphatic rings. The fourth-order valence-corrected chi connectivity index (χ4v) is 3.33. The van der Waals surface area contributed by atoms with Crippen molar-refractivity contribution >= 4 is 23.4 Å². The average Bonchev–Trinajstić information content (AvgIpc) is 2.67. The molecular weight excluding hydrogens is 368 g/mol. The monoisotopic (exact) mass is 396 g/mol. The molecule has 2 amide bonds. The molecule has 1 atom stereocenters. The summed E-state index contributed by atoms with van der Waals surface area (Å²) in [5.74, 6) is 1.38. The zero-order valence-electron chi connectivity index (χ0n) is 16.3. The molecule has 2 rings (SSSR count). The molecule has 1 heterocycles. The van der Waals surface area contributed by atoms with E-state index in [9.17, 15) is 9.59 Å². The molecule has 150 valence electrons. The summed E-state index contributed by atoms with van der Waals surface area (Å²) in [6.07, 6.45) is 2.57. The van der Waals surface area contributed by atoms with Crippen LogP contribution in [0, 0.1) is 0 Å². The van der Waals surface area contributed by atoms with Gasteiger partial charge in [0.05, 0.1) is 13.7 Å². The lowest BCUT2D eigenvalue weighted by molar-refractivity contribution is -0.131. The Balaban J connectivity index is 1.78. The van der Waals surface area contributed by atoms with E-state index in [1.165, 1.54) is 0 Å². The van der Waals surface area contributed by atoms with Crippen LogP contribution in [0.5, 0.6) is 11.5 Å². The Morgan fingerprint density at radius 2 is 2.00 bits per heavy atom. The van der Waals surface area contributed by atoms with Gasteiger partial charge in [-0.1, -0.05) is 6.07 Å². The lowest BCUT2D eigenvalue weighted by atomic mass is 10.0. The van der Waals surface area contributed by atoms with Crippen LogP contribution in [-0.2, 0) is 16.0 Å². The summed E-state index contributed by atoms with van der Waals surface area (Å²) in [5, 5.41) is 2.57. The molecule has 0 spiro atoms. The van der Waals surface area contributed by atoms with Gasteiger partial charge in [0, 0.05) is 25.6 Å². The zero-order valence-corrected chi connectivity index (χ0v) is 17.1.